The summed E-state index contributed by atoms with van der Waals surface area (Å²) in [6.45, 7) is 6.84. The van der Waals surface area contributed by atoms with Crippen molar-refractivity contribution in [1.29, 1.82) is 0 Å². The molecule has 3 rings (SSSR count). The highest BCUT2D eigenvalue weighted by Gasteiger charge is 2.22. The van der Waals surface area contributed by atoms with Crippen LogP contribution >= 0.6 is 11.6 Å². The van der Waals surface area contributed by atoms with E-state index in [0.717, 1.165) is 16.9 Å². The maximum absolute atomic E-state index is 12.7. The Balaban J connectivity index is 1.66. The molecule has 0 unspecified atom stereocenters. The highest BCUT2D eigenvalue weighted by molar-refractivity contribution is 6.31. The number of nitrogens with one attached hydrogen (secondary N) is 1. The Morgan fingerprint density at radius 2 is 1.93 bits per heavy atom. The van der Waals surface area contributed by atoms with E-state index in [4.69, 9.17) is 25.8 Å². The lowest BCUT2D eigenvalue weighted by molar-refractivity contribution is -0.128. The summed E-state index contributed by atoms with van der Waals surface area (Å²) in [5.74, 6) is 1.91. The van der Waals surface area contributed by atoms with Crippen LogP contribution in [0.5, 0.6) is 17.2 Å². The number of carbonyl (C=O) groups excluding carboxylic acids is 1. The van der Waals surface area contributed by atoms with Crippen LogP contribution in [-0.4, -0.2) is 25.2 Å². The molecule has 0 aromatic heterocycles. The molecule has 0 fully saturated rings. The zero-order valence-electron chi connectivity index (χ0n) is 15.8. The number of ether oxygens (including phenoxy) is 3. The Hall–Kier alpha value is -2.40. The van der Waals surface area contributed by atoms with Gasteiger partial charge in [-0.25, -0.2) is 0 Å². The monoisotopic (exact) mass is 389 g/mol. The van der Waals surface area contributed by atoms with E-state index in [0.29, 0.717) is 36.2 Å². The maximum atomic E-state index is 12.7. The van der Waals surface area contributed by atoms with Gasteiger partial charge in [0.2, 0.25) is 0 Å². The van der Waals surface area contributed by atoms with Crippen molar-refractivity contribution in [1.82, 2.24) is 5.32 Å². The lowest BCUT2D eigenvalue weighted by Gasteiger charge is -2.23. The first kappa shape index (κ1) is 19.4. The Morgan fingerprint density at radius 1 is 1.19 bits per heavy atom. The molecule has 0 saturated heterocycles. The normalized spacial score (nSPS) is 15.0. The van der Waals surface area contributed by atoms with Crippen molar-refractivity contribution in [3.05, 3.63) is 52.5 Å². The van der Waals surface area contributed by atoms with Gasteiger partial charge in [-0.2, -0.15) is 0 Å². The molecule has 0 radical (unpaired) electrons. The number of aryl methyl sites for hydroxylation is 1. The lowest BCUT2D eigenvalue weighted by Crippen LogP contribution is -2.39. The van der Waals surface area contributed by atoms with Crippen molar-refractivity contribution in [2.45, 2.75) is 39.3 Å². The van der Waals surface area contributed by atoms with Crippen LogP contribution in [0, 0.1) is 6.92 Å². The van der Waals surface area contributed by atoms with Crippen molar-refractivity contribution in [2.24, 2.45) is 0 Å². The molecule has 27 heavy (non-hydrogen) atoms. The summed E-state index contributed by atoms with van der Waals surface area (Å²) in [5, 5.41) is 3.69. The molecule has 5 nitrogen and oxygen atoms in total. The topological polar surface area (TPSA) is 56.8 Å². The fraction of sp³-hybridized carbons (Fsp3) is 0.381. The molecule has 1 aliphatic heterocycles. The summed E-state index contributed by atoms with van der Waals surface area (Å²) < 4.78 is 17.0. The fourth-order valence-corrected chi connectivity index (χ4v) is 3.01. The first-order valence-electron chi connectivity index (χ1n) is 9.10. The third-order valence-corrected chi connectivity index (χ3v) is 4.92. The van der Waals surface area contributed by atoms with Gasteiger partial charge in [0.25, 0.3) is 5.91 Å². The average molecular weight is 390 g/mol. The number of fused-ring (bicyclic) bond motifs is 1. The van der Waals surface area contributed by atoms with E-state index in [9.17, 15) is 4.79 Å². The highest BCUT2D eigenvalue weighted by Crippen LogP contribution is 2.32. The molecule has 6 heteroatoms. The third kappa shape index (κ3) is 4.66. The van der Waals surface area contributed by atoms with E-state index in [-0.39, 0.29) is 11.9 Å². The summed E-state index contributed by atoms with van der Waals surface area (Å²) in [6, 6.07) is 10.9. The summed E-state index contributed by atoms with van der Waals surface area (Å²) in [5.41, 5.74) is 1.86. The minimum Gasteiger partial charge on any atom is -0.486 e. The molecule has 2 atom stereocenters. The van der Waals surface area contributed by atoms with Gasteiger partial charge in [-0.3, -0.25) is 4.79 Å². The molecule has 0 saturated carbocycles. The van der Waals surface area contributed by atoms with Gasteiger partial charge in [-0.05, 0) is 61.7 Å². The molecule has 144 valence electrons. The maximum Gasteiger partial charge on any atom is 0.261 e. The van der Waals surface area contributed by atoms with Crippen LogP contribution in [0.4, 0.5) is 0 Å². The molecular weight excluding hydrogens is 366 g/mol. The zero-order valence-corrected chi connectivity index (χ0v) is 16.5. The molecule has 0 spiro atoms. The predicted molar refractivity (Wildman–Crippen MR) is 105 cm³/mol. The van der Waals surface area contributed by atoms with E-state index in [1.807, 2.05) is 45.0 Å². The molecule has 1 aliphatic rings. The molecule has 1 amide bonds. The lowest BCUT2D eigenvalue weighted by atomic mass is 10.1. The highest BCUT2D eigenvalue weighted by atomic mass is 35.5. The van der Waals surface area contributed by atoms with Gasteiger partial charge in [-0.1, -0.05) is 24.6 Å². The van der Waals surface area contributed by atoms with Crippen molar-refractivity contribution < 1.29 is 19.0 Å². The molecule has 1 heterocycles. The van der Waals surface area contributed by atoms with Crippen LogP contribution in [0.1, 0.15) is 37.4 Å². The average Bonchev–Trinajstić information content (AvgIpc) is 2.68. The first-order chi connectivity index (χ1) is 13.0. The fourth-order valence-electron chi connectivity index (χ4n) is 2.90. The second kappa shape index (κ2) is 8.53. The predicted octanol–water partition coefficient (Wildman–Crippen LogP) is 4.45. The van der Waals surface area contributed by atoms with Crippen LogP contribution in [0.25, 0.3) is 0 Å². The Kier molecular flexibility index (Phi) is 6.11. The Morgan fingerprint density at radius 3 is 2.63 bits per heavy atom. The minimum absolute atomic E-state index is 0.160. The number of benzene rings is 2. The van der Waals surface area contributed by atoms with Crippen LogP contribution in [-0.2, 0) is 4.79 Å². The van der Waals surface area contributed by atoms with Crippen molar-refractivity contribution in [3.8, 4) is 17.2 Å². The van der Waals surface area contributed by atoms with Gasteiger partial charge in [0.1, 0.15) is 19.0 Å². The summed E-state index contributed by atoms with van der Waals surface area (Å²) in [4.78, 5) is 12.7. The number of halogens is 1. The van der Waals surface area contributed by atoms with Crippen molar-refractivity contribution in [2.75, 3.05) is 13.2 Å². The second-order valence-corrected chi connectivity index (χ2v) is 6.97. The molecule has 0 bridgehead atoms. The van der Waals surface area contributed by atoms with Crippen LogP contribution in [0.2, 0.25) is 5.02 Å². The quantitative estimate of drug-likeness (QED) is 0.792. The van der Waals surface area contributed by atoms with Gasteiger partial charge in [-0.15, -0.1) is 0 Å². The van der Waals surface area contributed by atoms with Crippen LogP contribution in [0.3, 0.4) is 0 Å². The van der Waals surface area contributed by atoms with Crippen molar-refractivity contribution >= 4 is 17.5 Å². The number of hydrogen-bond donors (Lipinski definition) is 1. The van der Waals surface area contributed by atoms with Gasteiger partial charge >= 0.3 is 0 Å². The van der Waals surface area contributed by atoms with E-state index >= 15 is 0 Å². The number of carbonyl (C=O) groups is 1. The van der Waals surface area contributed by atoms with E-state index in [1.54, 1.807) is 12.1 Å². The van der Waals surface area contributed by atoms with Crippen molar-refractivity contribution in [3.63, 3.8) is 0 Å². The molecular formula is C21H24ClNO4. The second-order valence-electron chi connectivity index (χ2n) is 6.56. The minimum atomic E-state index is -0.578. The first-order valence-corrected chi connectivity index (χ1v) is 9.48. The number of amides is 1. The number of hydrogen-bond acceptors (Lipinski definition) is 4. The summed E-state index contributed by atoms with van der Waals surface area (Å²) in [7, 11) is 0. The van der Waals surface area contributed by atoms with E-state index < -0.39 is 6.10 Å². The largest absolute Gasteiger partial charge is 0.486 e. The molecule has 1 N–H and O–H groups in total. The van der Waals surface area contributed by atoms with E-state index in [2.05, 4.69) is 5.32 Å². The SMILES string of the molecule is CC[C@@H](Oc1ccc(Cl)c(C)c1)C(=O)N[C@@H](C)c1ccc2c(c1)OCCO2. The van der Waals surface area contributed by atoms with Gasteiger partial charge in [0.15, 0.2) is 17.6 Å². The van der Waals surface area contributed by atoms with E-state index in [1.165, 1.54) is 0 Å². The smallest absolute Gasteiger partial charge is 0.261 e. The Labute approximate surface area is 164 Å². The Bertz CT molecular complexity index is 824. The molecule has 2 aromatic rings. The third-order valence-electron chi connectivity index (χ3n) is 4.50. The van der Waals surface area contributed by atoms with Crippen LogP contribution < -0.4 is 19.5 Å². The molecule has 0 aliphatic carbocycles. The van der Waals surface area contributed by atoms with Gasteiger partial charge < -0.3 is 19.5 Å². The summed E-state index contributed by atoms with van der Waals surface area (Å²) >= 11 is 6.05. The van der Waals surface area contributed by atoms with Crippen LogP contribution in [0.15, 0.2) is 36.4 Å². The van der Waals surface area contributed by atoms with Gasteiger partial charge in [0, 0.05) is 5.02 Å². The zero-order chi connectivity index (χ0) is 19.4. The standard InChI is InChI=1S/C21H24ClNO4/c1-4-18(27-16-6-7-17(22)13(2)11-16)21(24)23-14(3)15-5-8-19-20(12-15)26-10-9-25-19/h5-8,11-12,14,18H,4,9-10H2,1-3H3,(H,23,24)/t14-,18+/m0/s1. The molecule has 2 aromatic carbocycles. The number of rotatable bonds is 6. The van der Waals surface area contributed by atoms with Gasteiger partial charge in [0.05, 0.1) is 6.04 Å². The summed E-state index contributed by atoms with van der Waals surface area (Å²) in [6.07, 6.45) is -0.0216.